The summed E-state index contributed by atoms with van der Waals surface area (Å²) in [5, 5.41) is 9.20. The minimum absolute atomic E-state index is 0.0576. The fraction of sp³-hybridized carbons (Fsp3) is 0.533. The quantitative estimate of drug-likeness (QED) is 0.809. The average Bonchev–Trinajstić information content (AvgIpc) is 2.93. The normalized spacial score (nSPS) is 18.8. The molecular formula is C15H21NO2S. The molecule has 1 aliphatic heterocycles. The second-order valence-electron chi connectivity index (χ2n) is 4.85. The Hall–Kier alpha value is -1.00. The van der Waals surface area contributed by atoms with E-state index in [-0.39, 0.29) is 18.6 Å². The number of hydrogen-bond acceptors (Lipinski definition) is 3. The van der Waals surface area contributed by atoms with Crippen molar-refractivity contribution in [2.75, 3.05) is 24.7 Å². The van der Waals surface area contributed by atoms with Crippen molar-refractivity contribution in [2.24, 2.45) is 0 Å². The Kier molecular flexibility index (Phi) is 5.73. The van der Waals surface area contributed by atoms with Crippen molar-refractivity contribution >= 4 is 17.7 Å². The number of aliphatic hydroxyl groups is 1. The molecule has 1 N–H and O–H groups in total. The number of carbonyl (C=O) groups is 1. The van der Waals surface area contributed by atoms with Crippen LogP contribution in [0.1, 0.15) is 18.4 Å². The second-order valence-corrected chi connectivity index (χ2v) is 5.96. The lowest BCUT2D eigenvalue weighted by Crippen LogP contribution is -2.38. The number of amides is 1. The molecule has 104 valence electrons. The molecule has 3 nitrogen and oxygen atoms in total. The number of nitrogens with zero attached hydrogens (tertiary/aromatic N) is 1. The van der Waals surface area contributed by atoms with Crippen molar-refractivity contribution in [2.45, 2.75) is 25.3 Å². The monoisotopic (exact) mass is 279 g/mol. The van der Waals surface area contributed by atoms with Gasteiger partial charge < -0.3 is 10.0 Å². The predicted octanol–water partition coefficient (Wildman–Crippen LogP) is 1.95. The van der Waals surface area contributed by atoms with Crippen LogP contribution in [0.2, 0.25) is 0 Å². The molecule has 1 saturated heterocycles. The number of thioether (sulfide) groups is 1. The first-order valence-corrected chi connectivity index (χ1v) is 7.98. The van der Waals surface area contributed by atoms with Crippen LogP contribution in [0.15, 0.2) is 30.3 Å². The van der Waals surface area contributed by atoms with E-state index >= 15 is 0 Å². The maximum Gasteiger partial charge on any atom is 0.232 e. The zero-order chi connectivity index (χ0) is 13.5. The van der Waals surface area contributed by atoms with Crippen LogP contribution in [-0.4, -0.2) is 46.6 Å². The Morgan fingerprint density at radius 2 is 2.16 bits per heavy atom. The van der Waals surface area contributed by atoms with E-state index in [2.05, 4.69) is 12.1 Å². The molecule has 0 radical (unpaired) electrons. The summed E-state index contributed by atoms with van der Waals surface area (Å²) in [5.41, 5.74) is 1.32. The molecule has 0 saturated carbocycles. The number of aliphatic hydroxyl groups excluding tert-OH is 1. The highest BCUT2D eigenvalue weighted by Crippen LogP contribution is 2.18. The maximum atomic E-state index is 12.0. The van der Waals surface area contributed by atoms with Crippen LogP contribution in [0.3, 0.4) is 0 Å². The van der Waals surface area contributed by atoms with Gasteiger partial charge >= 0.3 is 0 Å². The first-order chi connectivity index (χ1) is 9.31. The summed E-state index contributed by atoms with van der Waals surface area (Å²) in [6, 6.07) is 10.4. The van der Waals surface area contributed by atoms with Gasteiger partial charge in [-0.15, -0.1) is 0 Å². The van der Waals surface area contributed by atoms with Crippen molar-refractivity contribution in [1.82, 2.24) is 4.90 Å². The van der Waals surface area contributed by atoms with Crippen molar-refractivity contribution in [3.8, 4) is 0 Å². The lowest BCUT2D eigenvalue weighted by molar-refractivity contribution is -0.129. The van der Waals surface area contributed by atoms with Crippen LogP contribution in [0, 0.1) is 0 Å². The van der Waals surface area contributed by atoms with Gasteiger partial charge in [0, 0.05) is 6.54 Å². The average molecular weight is 279 g/mol. The molecule has 0 spiro atoms. The van der Waals surface area contributed by atoms with E-state index < -0.39 is 0 Å². The molecule has 4 heteroatoms. The van der Waals surface area contributed by atoms with Crippen LogP contribution in [-0.2, 0) is 11.2 Å². The largest absolute Gasteiger partial charge is 0.394 e. The fourth-order valence-corrected chi connectivity index (χ4v) is 3.30. The van der Waals surface area contributed by atoms with Gasteiger partial charge in [0.15, 0.2) is 0 Å². The van der Waals surface area contributed by atoms with E-state index in [9.17, 15) is 9.90 Å². The van der Waals surface area contributed by atoms with Crippen LogP contribution < -0.4 is 0 Å². The lowest BCUT2D eigenvalue weighted by Gasteiger charge is -2.22. The third kappa shape index (κ3) is 4.25. The standard InChI is InChI=1S/C15H21NO2S/c17-11-14-7-4-9-16(14)15(18)12-19-10-8-13-5-2-1-3-6-13/h1-3,5-6,14,17H,4,7-12H2. The molecule has 0 bridgehead atoms. The zero-order valence-electron chi connectivity index (χ0n) is 11.1. The first kappa shape index (κ1) is 14.4. The third-order valence-corrected chi connectivity index (χ3v) is 4.46. The van der Waals surface area contributed by atoms with Gasteiger partial charge in [0.2, 0.25) is 5.91 Å². The van der Waals surface area contributed by atoms with Crippen LogP contribution >= 0.6 is 11.8 Å². The Balaban J connectivity index is 1.67. The fourth-order valence-electron chi connectivity index (χ4n) is 2.43. The van der Waals surface area contributed by atoms with Crippen molar-refractivity contribution < 1.29 is 9.90 Å². The highest BCUT2D eigenvalue weighted by Gasteiger charge is 2.27. The van der Waals surface area contributed by atoms with Crippen LogP contribution in [0.4, 0.5) is 0 Å². The summed E-state index contributed by atoms with van der Waals surface area (Å²) in [5.74, 6) is 1.67. The summed E-state index contributed by atoms with van der Waals surface area (Å²) in [7, 11) is 0. The van der Waals surface area contributed by atoms with E-state index in [1.54, 1.807) is 11.8 Å². The van der Waals surface area contributed by atoms with Crippen molar-refractivity contribution in [3.05, 3.63) is 35.9 Å². The lowest BCUT2D eigenvalue weighted by atomic mass is 10.2. The molecule has 19 heavy (non-hydrogen) atoms. The minimum atomic E-state index is 0.0576. The number of rotatable bonds is 6. The maximum absolute atomic E-state index is 12.0. The Morgan fingerprint density at radius 1 is 1.37 bits per heavy atom. The van der Waals surface area contributed by atoms with E-state index in [4.69, 9.17) is 0 Å². The van der Waals surface area contributed by atoms with Gasteiger partial charge in [-0.25, -0.2) is 0 Å². The second kappa shape index (κ2) is 7.56. The Morgan fingerprint density at radius 3 is 2.89 bits per heavy atom. The molecule has 1 aromatic rings. The Bertz CT molecular complexity index is 396. The molecule has 1 aliphatic rings. The molecule has 1 amide bonds. The molecule has 1 unspecified atom stereocenters. The summed E-state index contributed by atoms with van der Waals surface area (Å²) >= 11 is 1.68. The highest BCUT2D eigenvalue weighted by molar-refractivity contribution is 7.99. The molecule has 0 aliphatic carbocycles. The number of hydrogen-bond donors (Lipinski definition) is 1. The number of aryl methyl sites for hydroxylation is 1. The van der Waals surface area contributed by atoms with Gasteiger partial charge in [-0.05, 0) is 30.6 Å². The zero-order valence-corrected chi connectivity index (χ0v) is 11.9. The summed E-state index contributed by atoms with van der Waals surface area (Å²) < 4.78 is 0. The summed E-state index contributed by atoms with van der Waals surface area (Å²) in [4.78, 5) is 13.9. The smallest absolute Gasteiger partial charge is 0.232 e. The molecule has 1 heterocycles. The summed E-state index contributed by atoms with van der Waals surface area (Å²) in [6.07, 6.45) is 2.96. The minimum Gasteiger partial charge on any atom is -0.394 e. The van der Waals surface area contributed by atoms with Gasteiger partial charge in [0.1, 0.15) is 0 Å². The van der Waals surface area contributed by atoms with Gasteiger partial charge in [-0.3, -0.25) is 4.79 Å². The van der Waals surface area contributed by atoms with E-state index in [1.807, 2.05) is 23.1 Å². The van der Waals surface area contributed by atoms with Gasteiger partial charge in [-0.2, -0.15) is 11.8 Å². The van der Waals surface area contributed by atoms with Gasteiger partial charge in [0.05, 0.1) is 18.4 Å². The van der Waals surface area contributed by atoms with Gasteiger partial charge in [0.25, 0.3) is 0 Å². The SMILES string of the molecule is O=C(CSCCc1ccccc1)N1CCCC1CO. The molecular weight excluding hydrogens is 258 g/mol. The molecule has 0 aromatic heterocycles. The van der Waals surface area contributed by atoms with Crippen LogP contribution in [0.5, 0.6) is 0 Å². The molecule has 1 aromatic carbocycles. The van der Waals surface area contributed by atoms with E-state index in [0.29, 0.717) is 5.75 Å². The first-order valence-electron chi connectivity index (χ1n) is 6.83. The van der Waals surface area contributed by atoms with E-state index in [0.717, 1.165) is 31.6 Å². The Labute approximate surface area is 119 Å². The van der Waals surface area contributed by atoms with E-state index in [1.165, 1.54) is 5.56 Å². The molecule has 2 rings (SSSR count). The number of benzene rings is 1. The van der Waals surface area contributed by atoms with Crippen molar-refractivity contribution in [3.63, 3.8) is 0 Å². The molecule has 1 fully saturated rings. The highest BCUT2D eigenvalue weighted by atomic mass is 32.2. The number of carbonyl (C=O) groups excluding carboxylic acids is 1. The van der Waals surface area contributed by atoms with Gasteiger partial charge in [-0.1, -0.05) is 30.3 Å². The third-order valence-electron chi connectivity index (χ3n) is 3.51. The van der Waals surface area contributed by atoms with Crippen molar-refractivity contribution in [1.29, 1.82) is 0 Å². The predicted molar refractivity (Wildman–Crippen MR) is 79.3 cm³/mol. The summed E-state index contributed by atoms with van der Waals surface area (Å²) in [6.45, 7) is 0.906. The van der Waals surface area contributed by atoms with Crippen LogP contribution in [0.25, 0.3) is 0 Å². The number of likely N-dealkylation sites (tertiary alicyclic amines) is 1. The molecule has 1 atom stereocenters. The topological polar surface area (TPSA) is 40.5 Å².